The number of hydrogen-bond donors (Lipinski definition) is 2. The number of imidazole rings is 2. The van der Waals surface area contributed by atoms with Crippen LogP contribution in [-0.2, 0) is 9.47 Å². The van der Waals surface area contributed by atoms with Crippen LogP contribution in [0.15, 0.2) is 41.6 Å². The Labute approximate surface area is 157 Å². The first kappa shape index (κ1) is 16.9. The van der Waals surface area contributed by atoms with Crippen molar-refractivity contribution in [3.8, 4) is 17.0 Å². The summed E-state index contributed by atoms with van der Waals surface area (Å²) in [6.45, 7) is -0.0124. The molecule has 1 saturated heterocycles. The predicted octanol–water partition coefficient (Wildman–Crippen LogP) is 0.912. The maximum Gasteiger partial charge on any atom is 0.287 e. The van der Waals surface area contributed by atoms with Crippen molar-refractivity contribution < 1.29 is 19.3 Å². The van der Waals surface area contributed by atoms with Crippen molar-refractivity contribution in [1.82, 2.24) is 23.9 Å². The minimum atomic E-state index is -0.697. The number of fused-ring (bicyclic) bond motifs is 2. The molecular formula is C18H17N5O5. The molecule has 0 bridgehead atoms. The molecule has 3 aromatic heterocycles. The number of aliphatic hydroxyl groups is 1. The molecule has 0 radical (unpaired) electrons. The highest BCUT2D eigenvalue weighted by molar-refractivity contribution is 5.73. The van der Waals surface area contributed by atoms with Crippen LogP contribution in [0.5, 0.6) is 5.75 Å². The van der Waals surface area contributed by atoms with Gasteiger partial charge >= 0.3 is 0 Å². The van der Waals surface area contributed by atoms with Gasteiger partial charge in [-0.25, -0.2) is 9.38 Å². The molecule has 4 heterocycles. The summed E-state index contributed by atoms with van der Waals surface area (Å²) in [5, 5.41) is 9.17. The summed E-state index contributed by atoms with van der Waals surface area (Å²) >= 11 is 0. The van der Waals surface area contributed by atoms with Crippen LogP contribution in [0.3, 0.4) is 0 Å². The van der Waals surface area contributed by atoms with Gasteiger partial charge in [0, 0.05) is 11.8 Å². The Hall–Kier alpha value is -3.21. The number of aliphatic hydroxyl groups excluding tert-OH is 1. The van der Waals surface area contributed by atoms with E-state index in [9.17, 15) is 9.90 Å². The maximum absolute atomic E-state index is 12.9. The van der Waals surface area contributed by atoms with Gasteiger partial charge in [-0.15, -0.1) is 0 Å². The fraction of sp³-hybridized carbons (Fsp3) is 0.278. The molecular weight excluding hydrogens is 366 g/mol. The predicted molar refractivity (Wildman–Crippen MR) is 98.0 cm³/mol. The topological polar surface area (TPSA) is 116 Å². The molecule has 0 spiro atoms. The molecule has 10 nitrogen and oxygen atoms in total. The van der Waals surface area contributed by atoms with E-state index >= 15 is 0 Å². The van der Waals surface area contributed by atoms with E-state index in [0.29, 0.717) is 17.2 Å². The third-order valence-electron chi connectivity index (χ3n) is 4.71. The Morgan fingerprint density at radius 3 is 3.11 bits per heavy atom. The van der Waals surface area contributed by atoms with Crippen molar-refractivity contribution in [2.75, 3.05) is 20.3 Å². The van der Waals surface area contributed by atoms with Crippen LogP contribution in [0.4, 0.5) is 0 Å². The molecule has 10 heteroatoms. The van der Waals surface area contributed by atoms with E-state index in [1.165, 1.54) is 10.7 Å². The minimum Gasteiger partial charge on any atom is -0.497 e. The fourth-order valence-corrected chi connectivity index (χ4v) is 3.30. The lowest BCUT2D eigenvalue weighted by molar-refractivity contribution is -0.0980. The molecule has 144 valence electrons. The minimum absolute atomic E-state index is 0.227. The monoisotopic (exact) mass is 383 g/mol. The highest BCUT2D eigenvalue weighted by atomic mass is 16.7. The van der Waals surface area contributed by atoms with Gasteiger partial charge in [-0.1, -0.05) is 12.1 Å². The van der Waals surface area contributed by atoms with Gasteiger partial charge in [-0.2, -0.15) is 4.98 Å². The summed E-state index contributed by atoms with van der Waals surface area (Å²) < 4.78 is 19.3. The standard InChI is InChI=1S/C18H17N5O5/c1-26-11-4-2-3-10(5-11)12-6-22-17(25)15-16(21-18(22)20-12)23(9-19-15)13-8-27-14(7-24)28-13/h2-6,9,13-14,24H,7-8H2,1H3,(H,20,21)/t13-,14-/m1/s1. The van der Waals surface area contributed by atoms with Crippen molar-refractivity contribution in [2.24, 2.45) is 0 Å². The number of H-pyrrole nitrogens is 1. The van der Waals surface area contributed by atoms with Crippen molar-refractivity contribution >= 4 is 16.9 Å². The maximum atomic E-state index is 12.9. The number of aromatic amines is 1. The van der Waals surface area contributed by atoms with Gasteiger partial charge in [-0.3, -0.25) is 9.36 Å². The van der Waals surface area contributed by atoms with E-state index in [4.69, 9.17) is 14.2 Å². The summed E-state index contributed by atoms with van der Waals surface area (Å²) in [6.07, 6.45) is 1.98. The molecule has 0 unspecified atom stereocenters. The van der Waals surface area contributed by atoms with Gasteiger partial charge < -0.3 is 24.3 Å². The lowest BCUT2D eigenvalue weighted by Crippen LogP contribution is -2.17. The van der Waals surface area contributed by atoms with E-state index in [1.807, 2.05) is 24.3 Å². The van der Waals surface area contributed by atoms with Gasteiger partial charge in [-0.05, 0) is 12.1 Å². The Bertz CT molecular complexity index is 1230. The van der Waals surface area contributed by atoms with Crippen molar-refractivity contribution in [3.05, 3.63) is 47.1 Å². The number of nitrogens with one attached hydrogen (secondary N) is 1. The van der Waals surface area contributed by atoms with Crippen LogP contribution in [-0.4, -0.2) is 55.6 Å². The van der Waals surface area contributed by atoms with Crippen molar-refractivity contribution in [2.45, 2.75) is 12.5 Å². The molecule has 2 N–H and O–H groups in total. The van der Waals surface area contributed by atoms with Gasteiger partial charge in [0.15, 0.2) is 23.7 Å². The van der Waals surface area contributed by atoms with Crippen LogP contribution in [0.25, 0.3) is 28.2 Å². The number of rotatable bonds is 4. The zero-order chi connectivity index (χ0) is 19.3. The summed E-state index contributed by atoms with van der Waals surface area (Å²) in [7, 11) is 1.60. The lowest BCUT2D eigenvalue weighted by Gasteiger charge is -2.11. The summed E-state index contributed by atoms with van der Waals surface area (Å²) in [6, 6.07) is 7.50. The molecule has 28 heavy (non-hydrogen) atoms. The average molecular weight is 383 g/mol. The third-order valence-corrected chi connectivity index (χ3v) is 4.71. The molecule has 5 rings (SSSR count). The van der Waals surface area contributed by atoms with Gasteiger partial charge in [0.25, 0.3) is 5.56 Å². The summed E-state index contributed by atoms with van der Waals surface area (Å²) in [5.74, 6) is 1.10. The first-order valence-corrected chi connectivity index (χ1v) is 8.68. The van der Waals surface area contributed by atoms with Crippen LogP contribution >= 0.6 is 0 Å². The molecule has 1 fully saturated rings. The molecule has 4 aromatic rings. The Morgan fingerprint density at radius 1 is 1.43 bits per heavy atom. The zero-order valence-electron chi connectivity index (χ0n) is 14.9. The number of benzene rings is 1. The summed E-state index contributed by atoms with van der Waals surface area (Å²) in [5.41, 5.74) is 1.91. The first-order chi connectivity index (χ1) is 13.7. The number of methoxy groups -OCH3 is 1. The van der Waals surface area contributed by atoms with E-state index in [0.717, 1.165) is 11.3 Å². The Balaban J connectivity index is 1.63. The molecule has 1 aliphatic heterocycles. The summed E-state index contributed by atoms with van der Waals surface area (Å²) in [4.78, 5) is 24.8. The number of aromatic nitrogens is 5. The van der Waals surface area contributed by atoms with E-state index in [-0.39, 0.29) is 24.3 Å². The highest BCUT2D eigenvalue weighted by Gasteiger charge is 2.29. The van der Waals surface area contributed by atoms with Crippen LogP contribution in [0.1, 0.15) is 6.23 Å². The first-order valence-electron chi connectivity index (χ1n) is 8.68. The van der Waals surface area contributed by atoms with Gasteiger partial charge in [0.1, 0.15) is 5.75 Å². The number of hydrogen-bond acceptors (Lipinski definition) is 7. The smallest absolute Gasteiger partial charge is 0.287 e. The molecule has 0 aliphatic carbocycles. The molecule has 1 aromatic carbocycles. The normalized spacial score (nSPS) is 19.6. The highest BCUT2D eigenvalue weighted by Crippen LogP contribution is 2.25. The van der Waals surface area contributed by atoms with Crippen LogP contribution in [0, 0.1) is 0 Å². The van der Waals surface area contributed by atoms with Crippen LogP contribution in [0.2, 0.25) is 0 Å². The quantitative estimate of drug-likeness (QED) is 0.538. The number of ether oxygens (including phenoxy) is 3. The second kappa shape index (κ2) is 6.44. The van der Waals surface area contributed by atoms with Crippen molar-refractivity contribution in [3.63, 3.8) is 0 Å². The largest absolute Gasteiger partial charge is 0.497 e. The third kappa shape index (κ3) is 2.58. The second-order valence-electron chi connectivity index (χ2n) is 6.37. The van der Waals surface area contributed by atoms with Gasteiger partial charge in [0.05, 0.1) is 32.3 Å². The molecule has 0 saturated carbocycles. The van der Waals surface area contributed by atoms with E-state index < -0.39 is 12.5 Å². The average Bonchev–Trinajstić information content (AvgIpc) is 3.45. The lowest BCUT2D eigenvalue weighted by atomic mass is 10.1. The Morgan fingerprint density at radius 2 is 2.32 bits per heavy atom. The van der Waals surface area contributed by atoms with Gasteiger partial charge in [0.2, 0.25) is 5.78 Å². The Kier molecular flexibility index (Phi) is 3.90. The molecule has 0 amide bonds. The van der Waals surface area contributed by atoms with Crippen LogP contribution < -0.4 is 10.3 Å². The SMILES string of the molecule is COc1cccc(-c2cn3c(=O)c4ncn([C@H]5CO[C@@H](CO)O5)c4nc3[nH]2)c1. The molecule has 1 aliphatic rings. The van der Waals surface area contributed by atoms with E-state index in [2.05, 4.69) is 15.0 Å². The fourth-order valence-electron chi connectivity index (χ4n) is 3.30. The molecule has 2 atom stereocenters. The number of nitrogens with zero attached hydrogens (tertiary/aromatic N) is 4. The van der Waals surface area contributed by atoms with Crippen molar-refractivity contribution in [1.29, 1.82) is 0 Å². The zero-order valence-corrected chi connectivity index (χ0v) is 14.9. The second-order valence-corrected chi connectivity index (χ2v) is 6.37. The van der Waals surface area contributed by atoms with E-state index in [1.54, 1.807) is 17.9 Å².